The molecule has 2 aliphatic heterocycles. The lowest BCUT2D eigenvalue weighted by atomic mass is 10.0. The van der Waals surface area contributed by atoms with Gasteiger partial charge in [0.1, 0.15) is 18.5 Å². The molecular formula is C20H17N7O7S. The zero-order valence-electron chi connectivity index (χ0n) is 18.0. The fourth-order valence-electron chi connectivity index (χ4n) is 3.93. The van der Waals surface area contributed by atoms with Crippen molar-refractivity contribution in [3.63, 3.8) is 0 Å². The van der Waals surface area contributed by atoms with Crippen LogP contribution in [0, 0.1) is 0 Å². The molecular weight excluding hydrogens is 482 g/mol. The number of aliphatic carboxylic acids is 1. The van der Waals surface area contributed by atoms with E-state index in [1.807, 2.05) is 12.1 Å². The van der Waals surface area contributed by atoms with Gasteiger partial charge in [-0.1, -0.05) is 10.3 Å². The molecule has 5 heterocycles. The average molecular weight is 499 g/mol. The number of hydrogen-bond donors (Lipinski definition) is 2. The van der Waals surface area contributed by atoms with E-state index in [1.165, 1.54) is 25.1 Å². The number of hydrogen-bond acceptors (Lipinski definition) is 12. The molecule has 1 saturated heterocycles. The molecule has 0 aliphatic carbocycles. The van der Waals surface area contributed by atoms with E-state index in [2.05, 4.69) is 30.0 Å². The van der Waals surface area contributed by atoms with Gasteiger partial charge in [0.25, 0.3) is 11.8 Å². The van der Waals surface area contributed by atoms with Gasteiger partial charge in [0, 0.05) is 17.4 Å². The molecule has 2 amide bonds. The first-order valence-electron chi connectivity index (χ1n) is 10.1. The molecule has 14 nitrogen and oxygen atoms in total. The van der Waals surface area contributed by atoms with Crippen molar-refractivity contribution in [2.24, 2.45) is 5.16 Å². The molecule has 3 aromatic rings. The summed E-state index contributed by atoms with van der Waals surface area (Å²) in [4.78, 5) is 47.3. The molecule has 0 saturated carbocycles. The number of nitrogens with one attached hydrogen (secondary N) is 1. The van der Waals surface area contributed by atoms with Crippen molar-refractivity contribution in [1.82, 2.24) is 20.4 Å². The average Bonchev–Trinajstić information content (AvgIpc) is 3.49. The molecule has 35 heavy (non-hydrogen) atoms. The van der Waals surface area contributed by atoms with Crippen molar-refractivity contribution >= 4 is 52.4 Å². The van der Waals surface area contributed by atoms with Gasteiger partial charge in [-0.25, -0.2) is 0 Å². The van der Waals surface area contributed by atoms with Crippen LogP contribution in [0.5, 0.6) is 0 Å². The zero-order valence-corrected chi connectivity index (χ0v) is 18.9. The zero-order chi connectivity index (χ0) is 24.7. The van der Waals surface area contributed by atoms with Crippen LogP contribution < -0.4 is 20.7 Å². The minimum absolute atomic E-state index is 0.179. The first-order chi connectivity index (χ1) is 16.9. The Kier molecular flexibility index (Phi) is 5.60. The highest BCUT2D eigenvalue weighted by atomic mass is 32.2. The Bertz CT molecular complexity index is 1410. The Morgan fingerprint density at radius 3 is 3.00 bits per heavy atom. The summed E-state index contributed by atoms with van der Waals surface area (Å²) in [7, 11) is 1.21. The molecule has 1 unspecified atom stereocenters. The summed E-state index contributed by atoms with van der Waals surface area (Å²) in [6.07, 6.45) is 3.29. The molecule has 0 spiro atoms. The van der Waals surface area contributed by atoms with E-state index in [0.29, 0.717) is 11.3 Å². The highest BCUT2D eigenvalue weighted by molar-refractivity contribution is 8.00. The van der Waals surface area contributed by atoms with Crippen molar-refractivity contribution in [3.8, 4) is 0 Å². The van der Waals surface area contributed by atoms with Crippen molar-refractivity contribution in [3.05, 3.63) is 47.8 Å². The number of nitrogens with two attached hydrogens (primary N) is 1. The van der Waals surface area contributed by atoms with E-state index in [1.54, 1.807) is 16.8 Å². The van der Waals surface area contributed by atoms with Gasteiger partial charge >= 0.3 is 11.7 Å². The molecule has 1 fully saturated rings. The summed E-state index contributed by atoms with van der Waals surface area (Å²) in [6.45, 7) is 0.179. The number of fused-ring (bicyclic) bond motifs is 2. The number of furan rings is 1. The summed E-state index contributed by atoms with van der Waals surface area (Å²) < 4.78 is 11.9. The molecule has 0 bridgehead atoms. The predicted molar refractivity (Wildman–Crippen MR) is 116 cm³/mol. The number of carbonyl (C=O) groups is 3. The second-order valence-electron chi connectivity index (χ2n) is 7.50. The third-order valence-corrected chi connectivity index (χ3v) is 6.76. The van der Waals surface area contributed by atoms with Crippen molar-refractivity contribution in [2.45, 2.75) is 18.0 Å². The van der Waals surface area contributed by atoms with Crippen LogP contribution in [0.25, 0.3) is 11.1 Å². The van der Waals surface area contributed by atoms with Gasteiger partial charge in [0.15, 0.2) is 12.7 Å². The van der Waals surface area contributed by atoms with Crippen LogP contribution in [-0.2, 0) is 25.8 Å². The lowest BCUT2D eigenvalue weighted by Gasteiger charge is -2.50. The van der Waals surface area contributed by atoms with Gasteiger partial charge in [-0.2, -0.15) is 9.55 Å². The molecule has 3 aromatic heterocycles. The van der Waals surface area contributed by atoms with Crippen molar-refractivity contribution in [2.75, 3.05) is 18.6 Å². The van der Waals surface area contributed by atoms with Crippen LogP contribution >= 0.6 is 11.8 Å². The maximum absolute atomic E-state index is 12.9. The lowest BCUT2D eigenvalue weighted by Crippen LogP contribution is -2.71. The highest BCUT2D eigenvalue weighted by Gasteiger charge is 2.53. The van der Waals surface area contributed by atoms with E-state index in [9.17, 15) is 19.5 Å². The molecule has 15 heteroatoms. The number of nitrogens with zero attached hydrogens (tertiary/aromatic N) is 5. The van der Waals surface area contributed by atoms with Crippen LogP contribution in [0.3, 0.4) is 0 Å². The number of carbonyl (C=O) groups excluding carboxylic acids is 3. The Balaban J connectivity index is 1.38. The van der Waals surface area contributed by atoms with E-state index in [0.717, 1.165) is 10.3 Å². The number of thioether (sulfide) groups is 1. The van der Waals surface area contributed by atoms with Crippen molar-refractivity contribution < 1.29 is 37.8 Å². The van der Waals surface area contributed by atoms with E-state index < -0.39 is 29.2 Å². The number of rotatable bonds is 7. The smallest absolute Gasteiger partial charge is 0.380 e. The Labute approximate surface area is 200 Å². The minimum Gasteiger partial charge on any atom is -0.543 e. The number of anilines is 1. The van der Waals surface area contributed by atoms with Gasteiger partial charge in [-0.05, 0) is 12.1 Å². The maximum atomic E-state index is 12.9. The standard InChI is InChI=1S/C20H17N7O7S/c1-32-24-11(14-23-20(21)34-25-14)15(28)22-12-16(29)27-13(19(30)31)10(8-35-18(12)27)7-26-5-2-3-9-4-6-33-17(9)26/h2-6,12,18H,7-8H2,1H3,(H3-,21,22,23,25,28,30,31)/b24-11-/t12?,18-/m1/s1. The topological polar surface area (TPSA) is 193 Å². The monoisotopic (exact) mass is 499 g/mol. The lowest BCUT2D eigenvalue weighted by molar-refractivity contribution is -0.669. The fourth-order valence-corrected chi connectivity index (χ4v) is 5.26. The highest BCUT2D eigenvalue weighted by Crippen LogP contribution is 2.40. The first kappa shape index (κ1) is 22.4. The molecule has 2 aliphatic rings. The number of amides is 2. The molecule has 0 radical (unpaired) electrons. The fraction of sp³-hybridized carbons (Fsp3) is 0.250. The van der Waals surface area contributed by atoms with Crippen LogP contribution in [-0.4, -0.2) is 62.8 Å². The number of pyridine rings is 1. The molecule has 0 aromatic carbocycles. The van der Waals surface area contributed by atoms with Crippen LogP contribution in [0.2, 0.25) is 0 Å². The Morgan fingerprint density at radius 2 is 2.29 bits per heavy atom. The van der Waals surface area contributed by atoms with Crippen LogP contribution in [0.15, 0.2) is 56.0 Å². The van der Waals surface area contributed by atoms with Gasteiger partial charge in [0.05, 0.1) is 23.3 Å². The van der Waals surface area contributed by atoms with Crippen molar-refractivity contribution in [1.29, 1.82) is 0 Å². The quantitative estimate of drug-likeness (QED) is 0.160. The van der Waals surface area contributed by atoms with Crippen LogP contribution in [0.1, 0.15) is 5.82 Å². The second-order valence-corrected chi connectivity index (χ2v) is 8.60. The number of oxime groups is 1. The third kappa shape index (κ3) is 3.84. The number of nitrogen functional groups attached to an aromatic ring is 1. The minimum atomic E-state index is -1.49. The summed E-state index contributed by atoms with van der Waals surface area (Å²) in [5.41, 5.74) is 5.85. The third-order valence-electron chi connectivity index (χ3n) is 5.42. The number of carboxylic acids is 1. The summed E-state index contributed by atoms with van der Waals surface area (Å²) >= 11 is 1.30. The Morgan fingerprint density at radius 1 is 1.46 bits per heavy atom. The maximum Gasteiger partial charge on any atom is 0.380 e. The SMILES string of the molecule is CO/N=C(\C(=O)NC1C(=O)N2C(C(=O)[O-])=C(C[n+]3cccc4ccoc43)CS[C@H]12)c1noc(N)n1. The van der Waals surface area contributed by atoms with Gasteiger partial charge in [-0.15, -0.1) is 11.8 Å². The number of aromatic nitrogens is 3. The molecule has 180 valence electrons. The Hall–Kier alpha value is -4.40. The second kappa shape index (κ2) is 8.75. The van der Waals surface area contributed by atoms with Gasteiger partial charge in [0.2, 0.25) is 11.5 Å². The van der Waals surface area contributed by atoms with Crippen LogP contribution in [0.4, 0.5) is 6.01 Å². The predicted octanol–water partition coefficient (Wildman–Crippen LogP) is -1.86. The largest absolute Gasteiger partial charge is 0.543 e. The van der Waals surface area contributed by atoms with E-state index >= 15 is 0 Å². The summed E-state index contributed by atoms with van der Waals surface area (Å²) in [6, 6.07) is 4.17. The number of carboxylic acid groups (broad SMARTS) is 1. The summed E-state index contributed by atoms with van der Waals surface area (Å²) in [5.74, 6) is -2.87. The normalized spacial score (nSPS) is 20.0. The summed E-state index contributed by atoms with van der Waals surface area (Å²) in [5, 5.41) is 21.9. The molecule has 5 rings (SSSR count). The van der Waals surface area contributed by atoms with Gasteiger partial charge < -0.3 is 34.7 Å². The van der Waals surface area contributed by atoms with E-state index in [-0.39, 0.29) is 35.5 Å². The van der Waals surface area contributed by atoms with E-state index in [4.69, 9.17) is 10.2 Å². The molecule has 3 N–H and O–H groups in total. The molecule has 2 atom stereocenters. The first-order valence-corrected chi connectivity index (χ1v) is 11.2. The number of β-lactam (4-membered cyclic amide) rings is 1. The van der Waals surface area contributed by atoms with Gasteiger partial charge in [-0.3, -0.25) is 14.5 Å².